The molecule has 1 saturated heterocycles. The van der Waals surface area contributed by atoms with Crippen LogP contribution in [0, 0.1) is 5.82 Å². The number of nitrogens with zero attached hydrogens (tertiary/aromatic N) is 1. The summed E-state index contributed by atoms with van der Waals surface area (Å²) in [5.74, 6) is -0.320. The summed E-state index contributed by atoms with van der Waals surface area (Å²) in [6, 6.07) is 14.8. The summed E-state index contributed by atoms with van der Waals surface area (Å²) in [7, 11) is 0. The number of hydrogen-bond donors (Lipinski definition) is 2. The van der Waals surface area contributed by atoms with Crippen molar-refractivity contribution in [2.75, 3.05) is 31.6 Å². The van der Waals surface area contributed by atoms with Gasteiger partial charge in [0.2, 0.25) is 0 Å². The van der Waals surface area contributed by atoms with Crippen molar-refractivity contribution in [3.05, 3.63) is 65.5 Å². The molecule has 3 rings (SSSR count). The largest absolute Gasteiger partial charge is 0.379 e. The van der Waals surface area contributed by atoms with Gasteiger partial charge in [0.05, 0.1) is 18.9 Å². The van der Waals surface area contributed by atoms with Crippen LogP contribution in [0.2, 0.25) is 0 Å². The second-order valence-corrected chi connectivity index (χ2v) is 6.35. The number of nitrogens with one attached hydrogen (secondary N) is 2. The molecule has 0 aromatic heterocycles. The summed E-state index contributed by atoms with van der Waals surface area (Å²) in [6.07, 6.45) is 0. The minimum Gasteiger partial charge on any atom is -0.379 e. The Kier molecular flexibility index (Phi) is 6.33. The molecule has 1 fully saturated rings. The van der Waals surface area contributed by atoms with E-state index in [2.05, 4.69) is 33.7 Å². The van der Waals surface area contributed by atoms with Crippen molar-refractivity contribution in [3.63, 3.8) is 0 Å². The van der Waals surface area contributed by atoms with Gasteiger partial charge in [-0.3, -0.25) is 4.90 Å². The Hall–Kier alpha value is -2.02. The molecule has 6 heteroatoms. The molecule has 2 aromatic carbocycles. The van der Waals surface area contributed by atoms with Gasteiger partial charge in [0, 0.05) is 26.2 Å². The van der Waals surface area contributed by atoms with E-state index in [1.54, 1.807) is 18.2 Å². The second kappa shape index (κ2) is 8.89. The molecule has 2 aromatic rings. The van der Waals surface area contributed by atoms with Gasteiger partial charge >= 0.3 is 0 Å². The molecule has 0 spiro atoms. The summed E-state index contributed by atoms with van der Waals surface area (Å²) < 4.78 is 19.1. The lowest BCUT2D eigenvalue weighted by atomic mass is 10.1. The molecular formula is C19H22FN3OS. The Morgan fingerprint density at radius 2 is 1.72 bits per heavy atom. The van der Waals surface area contributed by atoms with Crippen LogP contribution in [0.15, 0.2) is 48.5 Å². The summed E-state index contributed by atoms with van der Waals surface area (Å²) in [4.78, 5) is 2.39. The average molecular weight is 359 g/mol. The molecule has 1 heterocycles. The van der Waals surface area contributed by atoms with Gasteiger partial charge < -0.3 is 15.4 Å². The van der Waals surface area contributed by atoms with Gasteiger partial charge in [-0.2, -0.15) is 0 Å². The monoisotopic (exact) mass is 359 g/mol. The number of para-hydroxylation sites is 1. The van der Waals surface area contributed by atoms with Crippen LogP contribution in [-0.2, 0) is 17.8 Å². The first-order valence-corrected chi connectivity index (χ1v) is 8.79. The van der Waals surface area contributed by atoms with Crippen molar-refractivity contribution in [2.45, 2.75) is 13.1 Å². The SMILES string of the molecule is Fc1ccccc1NC(=S)NCc1ccccc1CN1CCOCC1. The first-order chi connectivity index (χ1) is 12.2. The van der Waals surface area contributed by atoms with E-state index in [-0.39, 0.29) is 5.82 Å². The van der Waals surface area contributed by atoms with Crippen LogP contribution < -0.4 is 10.6 Å². The Balaban J connectivity index is 1.57. The van der Waals surface area contributed by atoms with Crippen LogP contribution in [0.5, 0.6) is 0 Å². The smallest absolute Gasteiger partial charge is 0.171 e. The lowest BCUT2D eigenvalue weighted by Gasteiger charge is -2.27. The Morgan fingerprint density at radius 1 is 1.04 bits per heavy atom. The topological polar surface area (TPSA) is 36.5 Å². The van der Waals surface area contributed by atoms with Gasteiger partial charge in [0.15, 0.2) is 5.11 Å². The summed E-state index contributed by atoms with van der Waals surface area (Å²) in [5.41, 5.74) is 2.83. The molecule has 0 amide bonds. The number of anilines is 1. The Morgan fingerprint density at radius 3 is 2.48 bits per heavy atom. The molecule has 132 valence electrons. The molecule has 2 N–H and O–H groups in total. The third kappa shape index (κ3) is 5.22. The minimum absolute atomic E-state index is 0.320. The summed E-state index contributed by atoms with van der Waals surface area (Å²) in [5, 5.41) is 6.47. The average Bonchev–Trinajstić information content (AvgIpc) is 2.64. The molecule has 0 aliphatic carbocycles. The zero-order chi connectivity index (χ0) is 17.5. The highest BCUT2D eigenvalue weighted by atomic mass is 32.1. The van der Waals surface area contributed by atoms with E-state index in [9.17, 15) is 4.39 Å². The maximum absolute atomic E-state index is 13.7. The van der Waals surface area contributed by atoms with Crippen LogP contribution in [0.25, 0.3) is 0 Å². The zero-order valence-corrected chi connectivity index (χ0v) is 14.8. The second-order valence-electron chi connectivity index (χ2n) is 5.94. The number of ether oxygens (including phenoxy) is 1. The maximum atomic E-state index is 13.7. The van der Waals surface area contributed by atoms with Crippen molar-refractivity contribution in [3.8, 4) is 0 Å². The molecule has 25 heavy (non-hydrogen) atoms. The van der Waals surface area contributed by atoms with Crippen molar-refractivity contribution in [1.29, 1.82) is 0 Å². The number of rotatable bonds is 5. The fourth-order valence-electron chi connectivity index (χ4n) is 2.79. The number of hydrogen-bond acceptors (Lipinski definition) is 3. The van der Waals surface area contributed by atoms with E-state index < -0.39 is 0 Å². The first kappa shape index (κ1) is 17.8. The van der Waals surface area contributed by atoms with E-state index in [4.69, 9.17) is 17.0 Å². The Labute approximate surface area is 153 Å². The van der Waals surface area contributed by atoms with Crippen LogP contribution in [0.4, 0.5) is 10.1 Å². The van der Waals surface area contributed by atoms with Crippen molar-refractivity contribution >= 4 is 23.0 Å². The first-order valence-electron chi connectivity index (χ1n) is 8.38. The predicted molar refractivity (Wildman–Crippen MR) is 102 cm³/mol. The van der Waals surface area contributed by atoms with E-state index in [1.807, 2.05) is 6.07 Å². The minimum atomic E-state index is -0.320. The molecule has 1 aliphatic heterocycles. The van der Waals surface area contributed by atoms with Gasteiger partial charge in [0.25, 0.3) is 0 Å². The number of thiocarbonyl (C=S) groups is 1. The van der Waals surface area contributed by atoms with Crippen LogP contribution in [0.1, 0.15) is 11.1 Å². The molecule has 0 radical (unpaired) electrons. The highest BCUT2D eigenvalue weighted by Crippen LogP contribution is 2.14. The molecule has 0 unspecified atom stereocenters. The van der Waals surface area contributed by atoms with E-state index in [0.29, 0.717) is 17.3 Å². The molecule has 1 aliphatic rings. The number of morpholine rings is 1. The summed E-state index contributed by atoms with van der Waals surface area (Å²) in [6.45, 7) is 4.98. The van der Waals surface area contributed by atoms with Crippen molar-refractivity contribution in [2.24, 2.45) is 0 Å². The lowest BCUT2D eigenvalue weighted by molar-refractivity contribution is 0.0341. The number of halogens is 1. The number of benzene rings is 2. The highest BCUT2D eigenvalue weighted by molar-refractivity contribution is 7.80. The highest BCUT2D eigenvalue weighted by Gasteiger charge is 2.12. The van der Waals surface area contributed by atoms with Gasteiger partial charge in [-0.1, -0.05) is 36.4 Å². The van der Waals surface area contributed by atoms with Crippen molar-refractivity contribution in [1.82, 2.24) is 10.2 Å². The fraction of sp³-hybridized carbons (Fsp3) is 0.316. The fourth-order valence-corrected chi connectivity index (χ4v) is 2.97. The summed E-state index contributed by atoms with van der Waals surface area (Å²) >= 11 is 5.28. The van der Waals surface area contributed by atoms with E-state index >= 15 is 0 Å². The Bertz CT molecular complexity index is 719. The third-order valence-corrected chi connectivity index (χ3v) is 4.42. The maximum Gasteiger partial charge on any atom is 0.171 e. The zero-order valence-electron chi connectivity index (χ0n) is 14.0. The van der Waals surface area contributed by atoms with Crippen molar-refractivity contribution < 1.29 is 9.13 Å². The van der Waals surface area contributed by atoms with Crippen LogP contribution >= 0.6 is 12.2 Å². The van der Waals surface area contributed by atoms with Crippen LogP contribution in [-0.4, -0.2) is 36.3 Å². The normalized spacial score (nSPS) is 14.9. The standard InChI is InChI=1S/C19H22FN3OS/c20-17-7-3-4-8-18(17)22-19(25)21-13-15-5-1-2-6-16(15)14-23-9-11-24-12-10-23/h1-8H,9-14H2,(H2,21,22,25). The van der Waals surface area contributed by atoms with Gasteiger partial charge in [-0.25, -0.2) is 4.39 Å². The molecule has 0 saturated carbocycles. The molecule has 4 nitrogen and oxygen atoms in total. The quantitative estimate of drug-likeness (QED) is 0.802. The van der Waals surface area contributed by atoms with E-state index in [1.165, 1.54) is 17.2 Å². The predicted octanol–water partition coefficient (Wildman–Crippen LogP) is 3.14. The third-order valence-electron chi connectivity index (χ3n) is 4.18. The van der Waals surface area contributed by atoms with Gasteiger partial charge in [-0.15, -0.1) is 0 Å². The van der Waals surface area contributed by atoms with Gasteiger partial charge in [-0.05, 0) is 35.5 Å². The van der Waals surface area contributed by atoms with Gasteiger partial charge in [0.1, 0.15) is 5.82 Å². The lowest BCUT2D eigenvalue weighted by Crippen LogP contribution is -2.36. The molecule has 0 bridgehead atoms. The molecular weight excluding hydrogens is 337 g/mol. The van der Waals surface area contributed by atoms with Crippen LogP contribution in [0.3, 0.4) is 0 Å². The molecule has 0 atom stereocenters. The van der Waals surface area contributed by atoms with E-state index in [0.717, 1.165) is 32.8 Å².